The zero-order valence-corrected chi connectivity index (χ0v) is 22.1. The Morgan fingerprint density at radius 2 is 1.86 bits per heavy atom. The van der Waals surface area contributed by atoms with Crippen molar-refractivity contribution < 1.29 is 14.3 Å². The van der Waals surface area contributed by atoms with Crippen molar-refractivity contribution in [1.82, 2.24) is 15.2 Å². The van der Waals surface area contributed by atoms with E-state index in [1.54, 1.807) is 11.3 Å². The highest BCUT2D eigenvalue weighted by molar-refractivity contribution is 7.17. The molecule has 36 heavy (non-hydrogen) atoms. The summed E-state index contributed by atoms with van der Waals surface area (Å²) in [7, 11) is 0. The van der Waals surface area contributed by atoms with Crippen molar-refractivity contribution in [3.8, 4) is 5.75 Å². The second-order valence-electron chi connectivity index (χ2n) is 9.20. The van der Waals surface area contributed by atoms with Crippen LogP contribution >= 0.6 is 22.7 Å². The molecule has 0 spiro atoms. The normalized spacial score (nSPS) is 14.2. The maximum Gasteiger partial charge on any atom is 0.271 e. The van der Waals surface area contributed by atoms with Crippen LogP contribution in [0.5, 0.6) is 5.75 Å². The molecule has 1 aliphatic heterocycles. The van der Waals surface area contributed by atoms with Crippen LogP contribution in [0.3, 0.4) is 0 Å². The van der Waals surface area contributed by atoms with Crippen molar-refractivity contribution in [2.75, 3.05) is 19.7 Å². The van der Waals surface area contributed by atoms with Crippen molar-refractivity contribution in [2.24, 2.45) is 0 Å². The summed E-state index contributed by atoms with van der Waals surface area (Å²) < 4.78 is 6.95. The Kier molecular flexibility index (Phi) is 7.34. The summed E-state index contributed by atoms with van der Waals surface area (Å²) >= 11 is 3.22. The third-order valence-electron chi connectivity index (χ3n) is 6.79. The Hall–Kier alpha value is -3.23. The largest absolute Gasteiger partial charge is 0.484 e. The number of fused-ring (bicyclic) bond motifs is 1. The van der Waals surface area contributed by atoms with Gasteiger partial charge in [-0.1, -0.05) is 24.3 Å². The van der Waals surface area contributed by atoms with E-state index in [0.717, 1.165) is 34.7 Å². The SMILES string of the molecule is Cc1ccc(OCC(=O)N2CCC(c3nc(C(=O)NCc4csc5ccccc45)cs3)CC2)cc1C. The first kappa shape index (κ1) is 24.5. The molecule has 186 valence electrons. The Labute approximate surface area is 218 Å². The molecule has 1 fully saturated rings. The molecule has 6 nitrogen and oxygen atoms in total. The predicted molar refractivity (Wildman–Crippen MR) is 145 cm³/mol. The number of amides is 2. The summed E-state index contributed by atoms with van der Waals surface area (Å²) in [6.45, 7) is 5.97. The number of ether oxygens (including phenoxy) is 1. The number of thiophene rings is 1. The van der Waals surface area contributed by atoms with Gasteiger partial charge in [0.15, 0.2) is 6.61 Å². The predicted octanol–water partition coefficient (Wildman–Crippen LogP) is 5.69. The van der Waals surface area contributed by atoms with E-state index in [4.69, 9.17) is 4.74 Å². The van der Waals surface area contributed by atoms with Crippen LogP contribution in [-0.2, 0) is 11.3 Å². The summed E-state index contributed by atoms with van der Waals surface area (Å²) in [5.41, 5.74) is 3.94. The van der Waals surface area contributed by atoms with Gasteiger partial charge in [0.05, 0.1) is 5.01 Å². The zero-order valence-electron chi connectivity index (χ0n) is 20.5. The molecule has 3 heterocycles. The van der Waals surface area contributed by atoms with Crippen LogP contribution in [0.4, 0.5) is 0 Å². The summed E-state index contributed by atoms with van der Waals surface area (Å²) in [6, 6.07) is 14.1. The van der Waals surface area contributed by atoms with Gasteiger partial charge in [0.2, 0.25) is 0 Å². The van der Waals surface area contributed by atoms with E-state index >= 15 is 0 Å². The van der Waals surface area contributed by atoms with Crippen LogP contribution in [0.2, 0.25) is 0 Å². The number of aromatic nitrogens is 1. The van der Waals surface area contributed by atoms with Crippen molar-refractivity contribution >= 4 is 44.6 Å². The van der Waals surface area contributed by atoms with Crippen LogP contribution in [0.1, 0.15) is 50.9 Å². The first-order chi connectivity index (χ1) is 17.5. The highest BCUT2D eigenvalue weighted by Gasteiger charge is 2.26. The lowest BCUT2D eigenvalue weighted by molar-refractivity contribution is -0.134. The number of nitrogens with one attached hydrogen (secondary N) is 1. The van der Waals surface area contributed by atoms with Crippen molar-refractivity contribution in [3.63, 3.8) is 0 Å². The first-order valence-corrected chi connectivity index (χ1v) is 13.9. The minimum Gasteiger partial charge on any atom is -0.484 e. The van der Waals surface area contributed by atoms with Gasteiger partial charge in [-0.25, -0.2) is 4.98 Å². The number of hydrogen-bond donors (Lipinski definition) is 1. The quantitative estimate of drug-likeness (QED) is 0.341. The van der Waals surface area contributed by atoms with Crippen LogP contribution in [-0.4, -0.2) is 41.4 Å². The fourth-order valence-corrected chi connectivity index (χ4v) is 6.37. The highest BCUT2D eigenvalue weighted by Crippen LogP contribution is 2.31. The van der Waals surface area contributed by atoms with E-state index in [1.165, 1.54) is 27.0 Å². The van der Waals surface area contributed by atoms with Crippen molar-refractivity contribution in [2.45, 2.75) is 39.2 Å². The first-order valence-electron chi connectivity index (χ1n) is 12.1. The van der Waals surface area contributed by atoms with E-state index in [1.807, 2.05) is 47.5 Å². The molecule has 4 aromatic rings. The van der Waals surface area contributed by atoms with E-state index in [2.05, 4.69) is 34.7 Å². The molecule has 5 rings (SSSR count). The lowest BCUT2D eigenvalue weighted by atomic mass is 9.97. The fourth-order valence-electron chi connectivity index (χ4n) is 4.43. The minimum absolute atomic E-state index is 0.00633. The molecule has 1 aliphatic rings. The van der Waals surface area contributed by atoms with Gasteiger partial charge in [-0.15, -0.1) is 22.7 Å². The lowest BCUT2D eigenvalue weighted by Crippen LogP contribution is -2.40. The van der Waals surface area contributed by atoms with Gasteiger partial charge in [0.1, 0.15) is 11.4 Å². The van der Waals surface area contributed by atoms with Gasteiger partial charge >= 0.3 is 0 Å². The van der Waals surface area contributed by atoms with Crippen LogP contribution in [0.15, 0.2) is 53.2 Å². The Morgan fingerprint density at radius 1 is 1.06 bits per heavy atom. The van der Waals surface area contributed by atoms with Gasteiger partial charge in [0, 0.05) is 35.6 Å². The zero-order chi connectivity index (χ0) is 25.1. The van der Waals surface area contributed by atoms with Crippen LogP contribution < -0.4 is 10.1 Å². The molecule has 2 aromatic carbocycles. The molecule has 2 aromatic heterocycles. The van der Waals surface area contributed by atoms with Gasteiger partial charge in [-0.05, 0) is 72.3 Å². The number of likely N-dealkylation sites (tertiary alicyclic amines) is 1. The van der Waals surface area contributed by atoms with E-state index in [-0.39, 0.29) is 24.3 Å². The number of carbonyl (C=O) groups excluding carboxylic acids is 2. The van der Waals surface area contributed by atoms with Crippen LogP contribution in [0.25, 0.3) is 10.1 Å². The number of carbonyl (C=O) groups is 2. The lowest BCUT2D eigenvalue weighted by Gasteiger charge is -2.31. The molecular formula is C28H29N3O3S2. The number of thiazole rings is 1. The molecule has 0 bridgehead atoms. The third-order valence-corrected chi connectivity index (χ3v) is 8.81. The average molecular weight is 520 g/mol. The second-order valence-corrected chi connectivity index (χ2v) is 11.0. The smallest absolute Gasteiger partial charge is 0.271 e. The second kappa shape index (κ2) is 10.8. The third kappa shape index (κ3) is 5.44. The topological polar surface area (TPSA) is 71.5 Å². The summed E-state index contributed by atoms with van der Waals surface area (Å²) in [5, 5.41) is 9.10. The molecule has 8 heteroatoms. The van der Waals surface area contributed by atoms with E-state index in [0.29, 0.717) is 25.3 Å². The number of piperidine rings is 1. The van der Waals surface area contributed by atoms with Gasteiger partial charge in [-0.3, -0.25) is 9.59 Å². The molecule has 0 radical (unpaired) electrons. The molecule has 2 amide bonds. The molecule has 0 saturated carbocycles. The molecule has 0 unspecified atom stereocenters. The molecule has 0 aliphatic carbocycles. The molecular weight excluding hydrogens is 490 g/mol. The van der Waals surface area contributed by atoms with Gasteiger partial charge < -0.3 is 15.0 Å². The van der Waals surface area contributed by atoms with E-state index in [9.17, 15) is 9.59 Å². The van der Waals surface area contributed by atoms with Gasteiger partial charge in [0.25, 0.3) is 11.8 Å². The minimum atomic E-state index is -0.149. The summed E-state index contributed by atoms with van der Waals surface area (Å²) in [5.74, 6) is 0.847. The average Bonchev–Trinajstić information content (AvgIpc) is 3.56. The number of benzene rings is 2. The maximum absolute atomic E-state index is 12.7. The Balaban J connectivity index is 1.10. The van der Waals surface area contributed by atoms with Crippen molar-refractivity contribution in [1.29, 1.82) is 0 Å². The number of hydrogen-bond acceptors (Lipinski definition) is 6. The molecule has 1 saturated heterocycles. The fraction of sp³-hybridized carbons (Fsp3) is 0.321. The summed E-state index contributed by atoms with van der Waals surface area (Å²) in [4.78, 5) is 31.9. The Morgan fingerprint density at radius 3 is 2.67 bits per heavy atom. The van der Waals surface area contributed by atoms with Gasteiger partial charge in [-0.2, -0.15) is 0 Å². The van der Waals surface area contributed by atoms with E-state index < -0.39 is 0 Å². The molecule has 0 atom stereocenters. The van der Waals surface area contributed by atoms with Crippen molar-refractivity contribution in [3.05, 3.63) is 80.6 Å². The maximum atomic E-state index is 12.7. The standard InChI is InChI=1S/C28H29N3O3S2/c1-18-7-8-22(13-19(18)2)34-15-26(32)31-11-9-20(10-12-31)28-30-24(17-36-28)27(33)29-14-21-16-35-25-6-4-3-5-23(21)25/h3-8,13,16-17,20H,9-12,14-15H2,1-2H3,(H,29,33). The summed E-state index contributed by atoms with van der Waals surface area (Å²) in [6.07, 6.45) is 1.68. The number of aryl methyl sites for hydroxylation is 2. The highest BCUT2D eigenvalue weighted by atomic mass is 32.1. The number of rotatable bonds is 7. The number of nitrogens with zero attached hydrogens (tertiary/aromatic N) is 2. The van der Waals surface area contributed by atoms with Crippen LogP contribution in [0, 0.1) is 13.8 Å². The Bertz CT molecular complexity index is 1390. The monoisotopic (exact) mass is 519 g/mol. The molecule has 1 N–H and O–H groups in total.